The van der Waals surface area contributed by atoms with E-state index >= 15 is 0 Å². The Morgan fingerprint density at radius 2 is 1.85 bits per heavy atom. The molecule has 1 amide bonds. The van der Waals surface area contributed by atoms with E-state index in [2.05, 4.69) is 20.4 Å². The zero-order chi connectivity index (χ0) is 23.5. The molecule has 0 saturated heterocycles. The second-order valence-corrected chi connectivity index (χ2v) is 7.31. The summed E-state index contributed by atoms with van der Waals surface area (Å²) in [7, 11) is 1.53. The monoisotopic (exact) mass is 453 g/mol. The van der Waals surface area contributed by atoms with Gasteiger partial charge in [-0.3, -0.25) is 14.6 Å². The van der Waals surface area contributed by atoms with Crippen molar-refractivity contribution in [1.29, 1.82) is 0 Å². The van der Waals surface area contributed by atoms with Crippen LogP contribution in [0, 0.1) is 0 Å². The Hall–Kier alpha value is -4.92. The van der Waals surface area contributed by atoms with Crippen LogP contribution < -0.4 is 15.6 Å². The quantitative estimate of drug-likeness (QED) is 0.399. The van der Waals surface area contributed by atoms with Crippen molar-refractivity contribution in [3.05, 3.63) is 101 Å². The fourth-order valence-corrected chi connectivity index (χ4v) is 3.43. The minimum Gasteiger partial charge on any atom is -0.497 e. The SMILES string of the molecule is COc1cccc(C(=O)Nc2cc(-c3ccco3)nn2-c2nc(-c3ccccc3)cc(=O)[nH]2)c1. The van der Waals surface area contributed by atoms with Crippen LogP contribution in [0.15, 0.2) is 94.3 Å². The van der Waals surface area contributed by atoms with Crippen LogP contribution in [0.5, 0.6) is 5.75 Å². The smallest absolute Gasteiger partial charge is 0.256 e. The number of furan rings is 1. The van der Waals surface area contributed by atoms with E-state index in [0.29, 0.717) is 34.3 Å². The van der Waals surface area contributed by atoms with Gasteiger partial charge in [-0.1, -0.05) is 36.4 Å². The third-order valence-corrected chi connectivity index (χ3v) is 5.06. The molecule has 0 aliphatic heterocycles. The molecule has 3 heterocycles. The number of aromatic nitrogens is 4. The number of rotatable bonds is 6. The van der Waals surface area contributed by atoms with Gasteiger partial charge in [0.15, 0.2) is 5.76 Å². The van der Waals surface area contributed by atoms with Crippen LogP contribution >= 0.6 is 0 Å². The van der Waals surface area contributed by atoms with Crippen LogP contribution in [0.25, 0.3) is 28.7 Å². The highest BCUT2D eigenvalue weighted by Crippen LogP contribution is 2.25. The summed E-state index contributed by atoms with van der Waals surface area (Å²) >= 11 is 0. The summed E-state index contributed by atoms with van der Waals surface area (Å²) in [6, 6.07) is 22.6. The van der Waals surface area contributed by atoms with Crippen molar-refractivity contribution in [3.63, 3.8) is 0 Å². The third kappa shape index (κ3) is 4.22. The Kier molecular flexibility index (Phi) is 5.49. The zero-order valence-corrected chi connectivity index (χ0v) is 18.1. The molecule has 0 aliphatic rings. The van der Waals surface area contributed by atoms with Gasteiger partial charge in [-0.05, 0) is 30.3 Å². The lowest BCUT2D eigenvalue weighted by Gasteiger charge is -2.10. The minimum absolute atomic E-state index is 0.144. The number of ether oxygens (including phenoxy) is 1. The number of amides is 1. The van der Waals surface area contributed by atoms with Crippen LogP contribution in [0.2, 0.25) is 0 Å². The van der Waals surface area contributed by atoms with E-state index in [9.17, 15) is 9.59 Å². The number of methoxy groups -OCH3 is 1. The Bertz CT molecular complexity index is 1500. The number of nitrogens with zero attached hydrogens (tertiary/aromatic N) is 3. The van der Waals surface area contributed by atoms with E-state index in [0.717, 1.165) is 5.56 Å². The molecule has 5 rings (SSSR count). The number of carbonyl (C=O) groups excluding carboxylic acids is 1. The van der Waals surface area contributed by atoms with Crippen LogP contribution in [-0.2, 0) is 0 Å². The molecule has 0 fully saturated rings. The van der Waals surface area contributed by atoms with E-state index in [1.807, 2.05) is 30.3 Å². The number of H-pyrrole nitrogens is 1. The molecule has 3 aromatic heterocycles. The molecule has 0 radical (unpaired) electrons. The van der Waals surface area contributed by atoms with Gasteiger partial charge in [-0.2, -0.15) is 9.78 Å². The van der Waals surface area contributed by atoms with E-state index < -0.39 is 0 Å². The summed E-state index contributed by atoms with van der Waals surface area (Å²) < 4.78 is 12.0. The molecule has 0 bridgehead atoms. The van der Waals surface area contributed by atoms with Crippen LogP contribution in [0.4, 0.5) is 5.82 Å². The van der Waals surface area contributed by atoms with Crippen molar-refractivity contribution < 1.29 is 13.9 Å². The fraction of sp³-hybridized carbons (Fsp3) is 0.0400. The maximum absolute atomic E-state index is 13.0. The Balaban J connectivity index is 1.59. The summed E-state index contributed by atoms with van der Waals surface area (Å²) in [5, 5.41) is 7.37. The first-order valence-electron chi connectivity index (χ1n) is 10.4. The molecule has 0 aliphatic carbocycles. The lowest BCUT2D eigenvalue weighted by molar-refractivity contribution is 0.102. The molecule has 0 unspecified atom stereocenters. The topological polar surface area (TPSA) is 115 Å². The highest BCUT2D eigenvalue weighted by atomic mass is 16.5. The lowest BCUT2D eigenvalue weighted by Crippen LogP contribution is -2.18. The Labute approximate surface area is 193 Å². The molecular formula is C25H19N5O4. The van der Waals surface area contributed by atoms with Crippen molar-refractivity contribution in [1.82, 2.24) is 19.7 Å². The predicted molar refractivity (Wildman–Crippen MR) is 126 cm³/mol. The second kappa shape index (κ2) is 8.91. The number of hydrogen-bond acceptors (Lipinski definition) is 6. The molecule has 9 nitrogen and oxygen atoms in total. The average molecular weight is 453 g/mol. The summed E-state index contributed by atoms with van der Waals surface area (Å²) in [6.07, 6.45) is 1.53. The van der Waals surface area contributed by atoms with Gasteiger partial charge in [0.25, 0.3) is 11.5 Å². The summed E-state index contributed by atoms with van der Waals surface area (Å²) in [5.74, 6) is 1.11. The van der Waals surface area contributed by atoms with Gasteiger partial charge >= 0.3 is 0 Å². The van der Waals surface area contributed by atoms with Gasteiger partial charge < -0.3 is 14.5 Å². The number of hydrogen-bond donors (Lipinski definition) is 2. The molecule has 0 saturated carbocycles. The average Bonchev–Trinajstić information content (AvgIpc) is 3.54. The molecule has 2 N–H and O–H groups in total. The maximum atomic E-state index is 13.0. The first-order valence-corrected chi connectivity index (χ1v) is 10.4. The highest BCUT2D eigenvalue weighted by Gasteiger charge is 2.18. The van der Waals surface area contributed by atoms with Gasteiger partial charge in [0.2, 0.25) is 5.95 Å². The highest BCUT2D eigenvalue weighted by molar-refractivity contribution is 6.04. The number of anilines is 1. The van der Waals surface area contributed by atoms with E-state index in [-0.39, 0.29) is 17.4 Å². The summed E-state index contributed by atoms with van der Waals surface area (Å²) in [4.78, 5) is 32.7. The molecule has 9 heteroatoms. The van der Waals surface area contributed by atoms with E-state index in [4.69, 9.17) is 9.15 Å². The van der Waals surface area contributed by atoms with Crippen molar-refractivity contribution >= 4 is 11.7 Å². The van der Waals surface area contributed by atoms with Gasteiger partial charge in [0, 0.05) is 23.3 Å². The van der Waals surface area contributed by atoms with Gasteiger partial charge in [-0.25, -0.2) is 4.98 Å². The standard InChI is InChI=1S/C25H19N5O4/c1-33-18-10-5-9-17(13-18)24(32)27-22-14-20(21-11-6-12-34-21)29-30(22)25-26-19(15-23(31)28-25)16-7-3-2-4-8-16/h2-15H,1H3,(H,27,32)(H,26,28,31). The molecule has 5 aromatic rings. The molecule has 0 atom stereocenters. The number of nitrogens with one attached hydrogen (secondary N) is 2. The summed E-state index contributed by atoms with van der Waals surface area (Å²) in [5.41, 5.74) is 1.74. The molecule has 34 heavy (non-hydrogen) atoms. The first kappa shape index (κ1) is 21.0. The van der Waals surface area contributed by atoms with E-state index in [1.54, 1.807) is 42.5 Å². The second-order valence-electron chi connectivity index (χ2n) is 7.31. The van der Waals surface area contributed by atoms with Gasteiger partial charge in [-0.15, -0.1) is 0 Å². The van der Waals surface area contributed by atoms with E-state index in [1.165, 1.54) is 24.1 Å². The maximum Gasteiger partial charge on any atom is 0.256 e. The number of aromatic amines is 1. The van der Waals surface area contributed by atoms with Gasteiger partial charge in [0.05, 0.1) is 19.1 Å². The van der Waals surface area contributed by atoms with Crippen LogP contribution in [-0.4, -0.2) is 32.8 Å². The van der Waals surface area contributed by atoms with Crippen LogP contribution in [0.3, 0.4) is 0 Å². The predicted octanol–water partition coefficient (Wildman–Crippen LogP) is 4.14. The lowest BCUT2D eigenvalue weighted by atomic mass is 10.1. The zero-order valence-electron chi connectivity index (χ0n) is 18.1. The Morgan fingerprint density at radius 1 is 1.00 bits per heavy atom. The van der Waals surface area contributed by atoms with Crippen molar-refractivity contribution in [2.45, 2.75) is 0 Å². The largest absolute Gasteiger partial charge is 0.497 e. The molecule has 0 spiro atoms. The normalized spacial score (nSPS) is 10.7. The van der Waals surface area contributed by atoms with Crippen molar-refractivity contribution in [2.75, 3.05) is 12.4 Å². The number of carbonyl (C=O) groups is 1. The Morgan fingerprint density at radius 3 is 2.62 bits per heavy atom. The molecule has 168 valence electrons. The fourth-order valence-electron chi connectivity index (χ4n) is 3.43. The van der Waals surface area contributed by atoms with Crippen molar-refractivity contribution in [2.24, 2.45) is 0 Å². The number of benzene rings is 2. The molecular weight excluding hydrogens is 434 g/mol. The van der Waals surface area contributed by atoms with Crippen LogP contribution in [0.1, 0.15) is 10.4 Å². The summed E-state index contributed by atoms with van der Waals surface area (Å²) in [6.45, 7) is 0. The molecule has 2 aromatic carbocycles. The van der Waals surface area contributed by atoms with Gasteiger partial charge in [0.1, 0.15) is 17.3 Å². The van der Waals surface area contributed by atoms with Crippen molar-refractivity contribution in [3.8, 4) is 34.4 Å². The minimum atomic E-state index is -0.382. The first-order chi connectivity index (χ1) is 16.6. The third-order valence-electron chi connectivity index (χ3n) is 5.06.